The quantitative estimate of drug-likeness (QED) is 0.801. The molecule has 0 radical (unpaired) electrons. The van der Waals surface area contributed by atoms with Gasteiger partial charge in [-0.25, -0.2) is 4.39 Å². The third-order valence-corrected chi connectivity index (χ3v) is 6.97. The number of likely N-dealkylation sites (tertiary alicyclic amines) is 1. The lowest BCUT2D eigenvalue weighted by molar-refractivity contribution is -0.131. The molecule has 2 saturated heterocycles. The lowest BCUT2D eigenvalue weighted by Gasteiger charge is -2.49. The SMILES string of the molecule is O=C(Nc1ccc(F)cc1)C1Cc2ccccc2N2CCN(CC(=O)N3CCCC3)CC12. The fourth-order valence-electron chi connectivity index (χ4n) is 5.29. The van der Waals surface area contributed by atoms with Crippen LogP contribution in [0.15, 0.2) is 48.5 Å². The number of fused-ring (bicyclic) bond motifs is 3. The third-order valence-electron chi connectivity index (χ3n) is 6.97. The Morgan fingerprint density at radius 1 is 0.969 bits per heavy atom. The second-order valence-electron chi connectivity index (χ2n) is 9.02. The van der Waals surface area contributed by atoms with E-state index in [2.05, 4.69) is 27.2 Å². The summed E-state index contributed by atoms with van der Waals surface area (Å²) in [6.07, 6.45) is 2.83. The molecule has 0 aliphatic carbocycles. The molecule has 2 amide bonds. The third kappa shape index (κ3) is 4.21. The summed E-state index contributed by atoms with van der Waals surface area (Å²) < 4.78 is 13.3. The van der Waals surface area contributed by atoms with Crippen molar-refractivity contribution in [3.8, 4) is 0 Å². The average Bonchev–Trinajstić information content (AvgIpc) is 3.35. The smallest absolute Gasteiger partial charge is 0.236 e. The van der Waals surface area contributed by atoms with Crippen LogP contribution in [0, 0.1) is 11.7 Å². The molecule has 32 heavy (non-hydrogen) atoms. The first-order valence-corrected chi connectivity index (χ1v) is 11.5. The number of carbonyl (C=O) groups excluding carboxylic acids is 2. The summed E-state index contributed by atoms with van der Waals surface area (Å²) in [5, 5.41) is 2.98. The van der Waals surface area contributed by atoms with Gasteiger partial charge in [0, 0.05) is 44.1 Å². The molecule has 3 heterocycles. The maximum absolute atomic E-state index is 13.3. The van der Waals surface area contributed by atoms with E-state index < -0.39 is 0 Å². The largest absolute Gasteiger partial charge is 0.365 e. The number of rotatable bonds is 4. The minimum atomic E-state index is -0.327. The van der Waals surface area contributed by atoms with Crippen molar-refractivity contribution in [1.29, 1.82) is 0 Å². The number of piperazine rings is 1. The number of halogens is 1. The first kappa shape index (κ1) is 20.9. The van der Waals surface area contributed by atoms with Gasteiger partial charge in [-0.15, -0.1) is 0 Å². The summed E-state index contributed by atoms with van der Waals surface area (Å²) in [7, 11) is 0. The van der Waals surface area contributed by atoms with Gasteiger partial charge in [0.15, 0.2) is 0 Å². The van der Waals surface area contributed by atoms with Crippen LogP contribution >= 0.6 is 0 Å². The number of para-hydroxylation sites is 1. The van der Waals surface area contributed by atoms with E-state index in [4.69, 9.17) is 0 Å². The van der Waals surface area contributed by atoms with Crippen LogP contribution in [0.4, 0.5) is 15.8 Å². The van der Waals surface area contributed by atoms with Crippen LogP contribution < -0.4 is 10.2 Å². The Morgan fingerprint density at radius 3 is 2.50 bits per heavy atom. The zero-order valence-electron chi connectivity index (χ0n) is 18.2. The van der Waals surface area contributed by atoms with Gasteiger partial charge in [-0.3, -0.25) is 14.5 Å². The van der Waals surface area contributed by atoms with E-state index >= 15 is 0 Å². The van der Waals surface area contributed by atoms with Gasteiger partial charge in [-0.05, 0) is 55.2 Å². The van der Waals surface area contributed by atoms with Gasteiger partial charge in [0.05, 0.1) is 18.5 Å². The van der Waals surface area contributed by atoms with Crippen molar-refractivity contribution in [3.05, 3.63) is 59.9 Å². The fourth-order valence-corrected chi connectivity index (χ4v) is 5.29. The van der Waals surface area contributed by atoms with E-state index in [9.17, 15) is 14.0 Å². The highest BCUT2D eigenvalue weighted by atomic mass is 19.1. The Hall–Kier alpha value is -2.93. The van der Waals surface area contributed by atoms with Crippen molar-refractivity contribution < 1.29 is 14.0 Å². The van der Waals surface area contributed by atoms with Crippen LogP contribution in [-0.4, -0.2) is 66.9 Å². The number of anilines is 2. The van der Waals surface area contributed by atoms with Gasteiger partial charge in [-0.1, -0.05) is 18.2 Å². The molecule has 2 aromatic rings. The van der Waals surface area contributed by atoms with E-state index in [0.717, 1.165) is 39.0 Å². The van der Waals surface area contributed by atoms with Crippen LogP contribution in [0.2, 0.25) is 0 Å². The highest BCUT2D eigenvalue weighted by molar-refractivity contribution is 5.94. The normalized spacial score (nSPS) is 22.9. The molecule has 0 bridgehead atoms. The highest BCUT2D eigenvalue weighted by Gasteiger charge is 2.41. The van der Waals surface area contributed by atoms with Crippen LogP contribution in [-0.2, 0) is 16.0 Å². The lowest BCUT2D eigenvalue weighted by Crippen LogP contribution is -2.61. The standard InChI is InChI=1S/C25H29FN4O2/c26-19-7-9-20(10-8-19)27-25(32)21-15-18-5-1-2-6-22(18)30-14-13-28(16-23(21)30)17-24(31)29-11-3-4-12-29/h1-2,5-10,21,23H,3-4,11-17H2,(H,27,32). The average molecular weight is 437 g/mol. The number of carbonyl (C=O) groups is 2. The monoisotopic (exact) mass is 436 g/mol. The van der Waals surface area contributed by atoms with E-state index in [-0.39, 0.29) is 29.6 Å². The minimum absolute atomic E-state index is 0.00882. The Kier molecular flexibility index (Phi) is 5.83. The number of nitrogens with one attached hydrogen (secondary N) is 1. The molecule has 2 fully saturated rings. The first-order chi connectivity index (χ1) is 15.6. The van der Waals surface area contributed by atoms with Crippen LogP contribution in [0.1, 0.15) is 18.4 Å². The summed E-state index contributed by atoms with van der Waals surface area (Å²) >= 11 is 0. The first-order valence-electron chi connectivity index (χ1n) is 11.5. The molecule has 7 heteroatoms. The summed E-state index contributed by atoms with van der Waals surface area (Å²) in [5.41, 5.74) is 2.96. The van der Waals surface area contributed by atoms with Crippen LogP contribution in [0.3, 0.4) is 0 Å². The van der Waals surface area contributed by atoms with E-state index in [1.165, 1.54) is 23.4 Å². The van der Waals surface area contributed by atoms with Crippen molar-refractivity contribution in [3.63, 3.8) is 0 Å². The maximum atomic E-state index is 13.3. The number of hydrogen-bond donors (Lipinski definition) is 1. The molecule has 1 N–H and O–H groups in total. The summed E-state index contributed by atoms with van der Waals surface area (Å²) in [6, 6.07) is 14.1. The molecule has 0 aromatic heterocycles. The summed E-state index contributed by atoms with van der Waals surface area (Å²) in [4.78, 5) is 32.5. The molecular weight excluding hydrogens is 407 g/mol. The predicted molar refractivity (Wildman–Crippen MR) is 122 cm³/mol. The molecule has 2 aromatic carbocycles. The molecule has 2 unspecified atom stereocenters. The fraction of sp³-hybridized carbons (Fsp3) is 0.440. The number of nitrogens with zero attached hydrogens (tertiary/aromatic N) is 3. The van der Waals surface area contributed by atoms with Crippen molar-refractivity contribution in [1.82, 2.24) is 9.80 Å². The maximum Gasteiger partial charge on any atom is 0.236 e. The minimum Gasteiger partial charge on any atom is -0.365 e. The van der Waals surface area contributed by atoms with Gasteiger partial charge < -0.3 is 15.1 Å². The molecule has 3 aliphatic rings. The van der Waals surface area contributed by atoms with E-state index in [0.29, 0.717) is 25.2 Å². The van der Waals surface area contributed by atoms with Crippen molar-refractivity contribution in [2.45, 2.75) is 25.3 Å². The second kappa shape index (κ2) is 8.90. The Bertz CT molecular complexity index is 990. The molecule has 2 atom stereocenters. The lowest BCUT2D eigenvalue weighted by atomic mass is 9.83. The highest BCUT2D eigenvalue weighted by Crippen LogP contribution is 2.36. The summed E-state index contributed by atoms with van der Waals surface area (Å²) in [6.45, 7) is 4.40. The van der Waals surface area contributed by atoms with Gasteiger partial charge in [0.1, 0.15) is 5.82 Å². The van der Waals surface area contributed by atoms with Crippen molar-refractivity contribution >= 4 is 23.2 Å². The molecular formula is C25H29FN4O2. The van der Waals surface area contributed by atoms with Crippen LogP contribution in [0.5, 0.6) is 0 Å². The zero-order chi connectivity index (χ0) is 22.1. The van der Waals surface area contributed by atoms with Gasteiger partial charge in [0.2, 0.25) is 11.8 Å². The van der Waals surface area contributed by atoms with Gasteiger partial charge in [-0.2, -0.15) is 0 Å². The molecule has 3 aliphatic heterocycles. The molecule has 168 valence electrons. The van der Waals surface area contributed by atoms with E-state index in [1.54, 1.807) is 12.1 Å². The second-order valence-corrected chi connectivity index (χ2v) is 9.02. The van der Waals surface area contributed by atoms with E-state index in [1.807, 2.05) is 17.0 Å². The topological polar surface area (TPSA) is 55.9 Å². The Labute approximate surface area is 188 Å². The zero-order valence-corrected chi connectivity index (χ0v) is 18.2. The Balaban J connectivity index is 1.35. The molecule has 0 spiro atoms. The van der Waals surface area contributed by atoms with Gasteiger partial charge >= 0.3 is 0 Å². The van der Waals surface area contributed by atoms with Crippen LogP contribution in [0.25, 0.3) is 0 Å². The Morgan fingerprint density at radius 2 is 1.72 bits per heavy atom. The molecule has 6 nitrogen and oxygen atoms in total. The van der Waals surface area contributed by atoms with Crippen molar-refractivity contribution in [2.24, 2.45) is 5.92 Å². The number of benzene rings is 2. The van der Waals surface area contributed by atoms with Crippen molar-refractivity contribution in [2.75, 3.05) is 49.5 Å². The molecule has 5 rings (SSSR count). The van der Waals surface area contributed by atoms with Gasteiger partial charge in [0.25, 0.3) is 0 Å². The predicted octanol–water partition coefficient (Wildman–Crippen LogP) is 2.75. The number of amides is 2. The number of hydrogen-bond acceptors (Lipinski definition) is 4. The molecule has 0 saturated carbocycles. The summed E-state index contributed by atoms with van der Waals surface area (Å²) in [5.74, 6) is -0.445.